The standard InChI is InChI=1S/C29H35ClN8O/c1-20-8-9-32-21(16-20)18-38-27(35-26-28(33-19-34-29(26)38)36(2)22-4-3-5-22)24-7-6-23(17-25(24)30)39-15-14-37-12-10-31-11-13-37/h6-9,16-17,19,22,31H,3-5,10-15,18H2,1-2H3. The van der Waals surface area contributed by atoms with Gasteiger partial charge in [-0.05, 0) is 62.1 Å². The number of aromatic nitrogens is 5. The summed E-state index contributed by atoms with van der Waals surface area (Å²) in [5.74, 6) is 2.35. The molecule has 0 bridgehead atoms. The average Bonchev–Trinajstić information content (AvgIpc) is 3.26. The summed E-state index contributed by atoms with van der Waals surface area (Å²) in [5, 5.41) is 3.97. The highest BCUT2D eigenvalue weighted by atomic mass is 35.5. The molecule has 4 aromatic rings. The Morgan fingerprint density at radius 1 is 1.10 bits per heavy atom. The van der Waals surface area contributed by atoms with E-state index in [-0.39, 0.29) is 0 Å². The Bertz CT molecular complexity index is 1450. The van der Waals surface area contributed by atoms with Crippen molar-refractivity contribution in [1.82, 2.24) is 34.7 Å². The van der Waals surface area contributed by atoms with Gasteiger partial charge < -0.3 is 19.5 Å². The van der Waals surface area contributed by atoms with Gasteiger partial charge in [0.25, 0.3) is 0 Å². The van der Waals surface area contributed by atoms with Crippen molar-refractivity contribution in [2.24, 2.45) is 0 Å². The molecule has 0 atom stereocenters. The van der Waals surface area contributed by atoms with Crippen molar-refractivity contribution < 1.29 is 4.74 Å². The number of hydrogen-bond donors (Lipinski definition) is 1. The van der Waals surface area contributed by atoms with Gasteiger partial charge in [-0.1, -0.05) is 11.6 Å². The van der Waals surface area contributed by atoms with Crippen LogP contribution in [0, 0.1) is 6.92 Å². The van der Waals surface area contributed by atoms with E-state index in [9.17, 15) is 0 Å². The first-order chi connectivity index (χ1) is 19.1. The molecule has 1 aliphatic carbocycles. The minimum absolute atomic E-state index is 0.483. The lowest BCUT2D eigenvalue weighted by atomic mass is 9.92. The highest BCUT2D eigenvalue weighted by Crippen LogP contribution is 2.36. The fourth-order valence-electron chi connectivity index (χ4n) is 5.33. The summed E-state index contributed by atoms with van der Waals surface area (Å²) in [6.45, 7) is 8.28. The first kappa shape index (κ1) is 26.0. The van der Waals surface area contributed by atoms with E-state index in [0.29, 0.717) is 24.2 Å². The summed E-state index contributed by atoms with van der Waals surface area (Å²) in [7, 11) is 2.10. The van der Waals surface area contributed by atoms with Crippen molar-refractivity contribution in [3.8, 4) is 17.1 Å². The molecule has 1 aromatic carbocycles. The van der Waals surface area contributed by atoms with Crippen LogP contribution in [-0.2, 0) is 6.54 Å². The van der Waals surface area contributed by atoms with Crippen molar-refractivity contribution >= 4 is 28.6 Å². The molecule has 0 spiro atoms. The molecular weight excluding hydrogens is 512 g/mol. The SMILES string of the molecule is Cc1ccnc(Cn2c(-c3ccc(OCCN4CCNCC4)cc3Cl)nc3c(N(C)C4CCC4)ncnc32)c1. The Balaban J connectivity index is 1.33. The van der Waals surface area contributed by atoms with Crippen LogP contribution in [0.25, 0.3) is 22.6 Å². The molecule has 1 aliphatic heterocycles. The van der Waals surface area contributed by atoms with Gasteiger partial charge in [-0.25, -0.2) is 15.0 Å². The number of fused-ring (bicyclic) bond motifs is 1. The predicted octanol–water partition coefficient (Wildman–Crippen LogP) is 4.17. The predicted molar refractivity (Wildman–Crippen MR) is 155 cm³/mol. The van der Waals surface area contributed by atoms with Gasteiger partial charge in [0.05, 0.1) is 17.3 Å². The number of aryl methyl sites for hydroxylation is 1. The molecule has 10 heteroatoms. The highest BCUT2D eigenvalue weighted by molar-refractivity contribution is 6.33. The molecule has 2 fully saturated rings. The molecule has 0 radical (unpaired) electrons. The highest BCUT2D eigenvalue weighted by Gasteiger charge is 2.27. The van der Waals surface area contributed by atoms with Gasteiger partial charge in [-0.2, -0.15) is 0 Å². The summed E-state index contributed by atoms with van der Waals surface area (Å²) in [4.78, 5) is 23.7. The number of nitrogens with one attached hydrogen (secondary N) is 1. The third-order valence-corrected chi connectivity index (χ3v) is 8.14. The molecule has 204 valence electrons. The number of nitrogens with zero attached hydrogens (tertiary/aromatic N) is 7. The molecule has 9 nitrogen and oxygen atoms in total. The fraction of sp³-hybridized carbons (Fsp3) is 0.448. The Kier molecular flexibility index (Phi) is 7.63. The third kappa shape index (κ3) is 5.57. The van der Waals surface area contributed by atoms with Crippen LogP contribution in [-0.4, -0.2) is 81.8 Å². The van der Waals surface area contributed by atoms with Crippen molar-refractivity contribution in [3.63, 3.8) is 0 Å². The zero-order chi connectivity index (χ0) is 26.8. The smallest absolute Gasteiger partial charge is 0.166 e. The molecule has 4 heterocycles. The lowest BCUT2D eigenvalue weighted by Crippen LogP contribution is -2.44. The van der Waals surface area contributed by atoms with E-state index in [1.807, 2.05) is 30.5 Å². The number of halogens is 1. The van der Waals surface area contributed by atoms with Crippen molar-refractivity contribution in [1.29, 1.82) is 0 Å². The van der Waals surface area contributed by atoms with Crippen LogP contribution in [0.1, 0.15) is 30.5 Å². The maximum Gasteiger partial charge on any atom is 0.166 e. The van der Waals surface area contributed by atoms with E-state index < -0.39 is 0 Å². The first-order valence-electron chi connectivity index (χ1n) is 13.8. The lowest BCUT2D eigenvalue weighted by molar-refractivity contribution is 0.191. The summed E-state index contributed by atoms with van der Waals surface area (Å²) >= 11 is 6.89. The molecule has 2 aliphatic rings. The Morgan fingerprint density at radius 3 is 2.69 bits per heavy atom. The number of hydrogen-bond acceptors (Lipinski definition) is 8. The molecule has 1 saturated heterocycles. The normalized spacial score (nSPS) is 16.4. The second-order valence-corrected chi connectivity index (χ2v) is 10.9. The van der Waals surface area contributed by atoms with Gasteiger partial charge in [0.2, 0.25) is 0 Å². The van der Waals surface area contributed by atoms with E-state index >= 15 is 0 Å². The monoisotopic (exact) mass is 546 g/mol. The van der Waals surface area contributed by atoms with Crippen molar-refractivity contribution in [3.05, 3.63) is 59.1 Å². The van der Waals surface area contributed by atoms with Gasteiger partial charge in [0.1, 0.15) is 24.5 Å². The van der Waals surface area contributed by atoms with E-state index in [4.69, 9.17) is 21.3 Å². The number of anilines is 1. The topological polar surface area (TPSA) is 84.2 Å². The maximum absolute atomic E-state index is 6.89. The van der Waals surface area contributed by atoms with Gasteiger partial charge in [0.15, 0.2) is 17.0 Å². The van der Waals surface area contributed by atoms with E-state index in [0.717, 1.165) is 78.1 Å². The fourth-order valence-corrected chi connectivity index (χ4v) is 5.58. The molecular formula is C29H35ClN8O. The van der Waals surface area contributed by atoms with Gasteiger partial charge in [-0.3, -0.25) is 9.88 Å². The Hall–Kier alpha value is -3.27. The zero-order valence-electron chi connectivity index (χ0n) is 22.6. The van der Waals surface area contributed by atoms with Crippen LogP contribution in [0.5, 0.6) is 5.75 Å². The van der Waals surface area contributed by atoms with Crippen LogP contribution >= 0.6 is 11.6 Å². The summed E-state index contributed by atoms with van der Waals surface area (Å²) in [5.41, 5.74) is 4.48. The summed E-state index contributed by atoms with van der Waals surface area (Å²) < 4.78 is 8.16. The number of rotatable bonds is 9. The molecule has 0 unspecified atom stereocenters. The van der Waals surface area contributed by atoms with Crippen LogP contribution in [0.3, 0.4) is 0 Å². The number of piperazine rings is 1. The molecule has 1 N–H and O–H groups in total. The quantitative estimate of drug-likeness (QED) is 0.335. The molecule has 1 saturated carbocycles. The second kappa shape index (κ2) is 11.5. The van der Waals surface area contributed by atoms with Crippen molar-refractivity contribution in [2.45, 2.75) is 38.8 Å². The maximum atomic E-state index is 6.89. The molecule has 6 rings (SSSR count). The number of benzene rings is 1. The minimum Gasteiger partial charge on any atom is -0.492 e. The zero-order valence-corrected chi connectivity index (χ0v) is 23.4. The van der Waals surface area contributed by atoms with Crippen LogP contribution in [0.2, 0.25) is 5.02 Å². The Morgan fingerprint density at radius 2 is 1.95 bits per heavy atom. The summed E-state index contributed by atoms with van der Waals surface area (Å²) in [6, 6.07) is 10.4. The first-order valence-corrected chi connectivity index (χ1v) is 14.2. The second-order valence-electron chi connectivity index (χ2n) is 10.5. The van der Waals surface area contributed by atoms with Crippen LogP contribution in [0.15, 0.2) is 42.9 Å². The Labute approximate surface area is 234 Å². The minimum atomic E-state index is 0.483. The van der Waals surface area contributed by atoms with Gasteiger partial charge >= 0.3 is 0 Å². The number of imidazole rings is 1. The largest absolute Gasteiger partial charge is 0.492 e. The third-order valence-electron chi connectivity index (χ3n) is 7.83. The van der Waals surface area contributed by atoms with E-state index in [2.05, 4.69) is 54.7 Å². The van der Waals surface area contributed by atoms with E-state index in [1.165, 1.54) is 19.3 Å². The van der Waals surface area contributed by atoms with Crippen LogP contribution < -0.4 is 15.0 Å². The molecule has 39 heavy (non-hydrogen) atoms. The van der Waals surface area contributed by atoms with Crippen LogP contribution in [0.4, 0.5) is 5.82 Å². The average molecular weight is 547 g/mol. The van der Waals surface area contributed by atoms with E-state index in [1.54, 1.807) is 6.33 Å². The molecule has 3 aromatic heterocycles. The summed E-state index contributed by atoms with van der Waals surface area (Å²) in [6.07, 6.45) is 7.07. The number of pyridine rings is 1. The van der Waals surface area contributed by atoms with Gasteiger partial charge in [0, 0.05) is 57.6 Å². The van der Waals surface area contributed by atoms with Gasteiger partial charge in [-0.15, -0.1) is 0 Å². The van der Waals surface area contributed by atoms with Crippen molar-refractivity contribution in [2.75, 3.05) is 51.3 Å². The molecule has 0 amide bonds. The lowest BCUT2D eigenvalue weighted by Gasteiger charge is -2.35. The number of ether oxygens (including phenoxy) is 1.